The molecular formula is C20H17FN8O3. The molecular weight excluding hydrogens is 419 g/mol. The summed E-state index contributed by atoms with van der Waals surface area (Å²) >= 11 is 0. The van der Waals surface area contributed by atoms with Crippen molar-refractivity contribution < 1.29 is 19.0 Å². The Morgan fingerprint density at radius 2 is 1.97 bits per heavy atom. The standard InChI is InChI=1S/C20H17FN8O3/c1-12(13-2-4-14(21)5-3-13)25-19-27-16(26-17-10-22-6-7-23-17)8-18(28-19)29-11-15(9-24-29)32-20(30)31/h2-12H,1H3,(H,30,31)(H2,23,25,26,27,28)/t12-/m0/s1. The van der Waals surface area contributed by atoms with Gasteiger partial charge in [-0.15, -0.1) is 0 Å². The van der Waals surface area contributed by atoms with Crippen LogP contribution in [0.5, 0.6) is 5.75 Å². The number of aromatic nitrogens is 6. The Kier molecular flexibility index (Phi) is 5.83. The molecule has 0 spiro atoms. The average molecular weight is 436 g/mol. The zero-order chi connectivity index (χ0) is 22.5. The van der Waals surface area contributed by atoms with Crippen molar-refractivity contribution >= 4 is 23.7 Å². The number of nitrogens with zero attached hydrogens (tertiary/aromatic N) is 6. The normalized spacial score (nSPS) is 11.6. The SMILES string of the molecule is C[C@H](Nc1nc(Nc2cnccn2)cc(-n2cc(OC(=O)O)cn2)n1)c1ccc(F)cc1. The molecule has 0 radical (unpaired) electrons. The van der Waals surface area contributed by atoms with E-state index < -0.39 is 6.16 Å². The molecule has 0 aliphatic rings. The first-order valence-corrected chi connectivity index (χ1v) is 9.36. The van der Waals surface area contributed by atoms with Crippen molar-refractivity contribution in [2.24, 2.45) is 0 Å². The fourth-order valence-corrected chi connectivity index (χ4v) is 2.79. The summed E-state index contributed by atoms with van der Waals surface area (Å²) in [6.07, 6.45) is 5.77. The van der Waals surface area contributed by atoms with E-state index in [2.05, 4.69) is 40.4 Å². The summed E-state index contributed by atoms with van der Waals surface area (Å²) in [7, 11) is 0. The van der Waals surface area contributed by atoms with Gasteiger partial charge in [0.25, 0.3) is 0 Å². The Hall–Kier alpha value is -4.61. The lowest BCUT2D eigenvalue weighted by Gasteiger charge is -2.16. The molecule has 1 atom stereocenters. The number of ether oxygens (including phenoxy) is 1. The largest absolute Gasteiger partial charge is 0.511 e. The number of carbonyl (C=O) groups is 1. The predicted molar refractivity (Wildman–Crippen MR) is 112 cm³/mol. The minimum Gasteiger partial charge on any atom is -0.449 e. The van der Waals surface area contributed by atoms with Gasteiger partial charge in [0.1, 0.15) is 17.5 Å². The lowest BCUT2D eigenvalue weighted by Crippen LogP contribution is -2.12. The third-order valence-corrected chi connectivity index (χ3v) is 4.25. The van der Waals surface area contributed by atoms with Gasteiger partial charge in [-0.2, -0.15) is 15.1 Å². The molecule has 0 bridgehead atoms. The maximum atomic E-state index is 13.2. The molecule has 0 amide bonds. The van der Waals surface area contributed by atoms with E-state index in [0.29, 0.717) is 17.5 Å². The van der Waals surface area contributed by atoms with Gasteiger partial charge >= 0.3 is 6.16 Å². The highest BCUT2D eigenvalue weighted by molar-refractivity contribution is 5.61. The number of halogens is 1. The van der Waals surface area contributed by atoms with Gasteiger partial charge < -0.3 is 20.5 Å². The van der Waals surface area contributed by atoms with E-state index in [1.807, 2.05) is 6.92 Å². The Labute approximate surface area is 181 Å². The minimum absolute atomic E-state index is 0.0359. The molecule has 162 valence electrons. The second-order valence-corrected chi connectivity index (χ2v) is 6.56. The summed E-state index contributed by atoms with van der Waals surface area (Å²) in [5, 5.41) is 19.1. The lowest BCUT2D eigenvalue weighted by molar-refractivity contribution is 0.144. The molecule has 4 aromatic rings. The van der Waals surface area contributed by atoms with Crippen LogP contribution < -0.4 is 15.4 Å². The lowest BCUT2D eigenvalue weighted by atomic mass is 10.1. The van der Waals surface area contributed by atoms with E-state index in [0.717, 1.165) is 5.56 Å². The predicted octanol–water partition coefficient (Wildman–Crippen LogP) is 3.56. The first-order chi connectivity index (χ1) is 15.5. The summed E-state index contributed by atoms with van der Waals surface area (Å²) in [5.41, 5.74) is 0.833. The quantitative estimate of drug-likeness (QED) is 0.368. The number of anilines is 3. The highest BCUT2D eigenvalue weighted by atomic mass is 19.1. The van der Waals surface area contributed by atoms with Crippen LogP contribution >= 0.6 is 0 Å². The van der Waals surface area contributed by atoms with Crippen LogP contribution in [0.2, 0.25) is 0 Å². The van der Waals surface area contributed by atoms with Crippen molar-refractivity contribution in [1.29, 1.82) is 0 Å². The number of carboxylic acid groups (broad SMARTS) is 1. The van der Waals surface area contributed by atoms with Crippen molar-refractivity contribution in [2.75, 3.05) is 10.6 Å². The average Bonchev–Trinajstić information content (AvgIpc) is 3.22. The molecule has 0 unspecified atom stereocenters. The Morgan fingerprint density at radius 3 is 2.69 bits per heavy atom. The Balaban J connectivity index is 1.65. The molecule has 3 N–H and O–H groups in total. The molecule has 1 aromatic carbocycles. The van der Waals surface area contributed by atoms with Crippen LogP contribution in [-0.2, 0) is 0 Å². The van der Waals surface area contributed by atoms with Gasteiger partial charge in [0, 0.05) is 18.5 Å². The number of hydrogen-bond donors (Lipinski definition) is 3. The van der Waals surface area contributed by atoms with Crippen LogP contribution in [-0.4, -0.2) is 41.0 Å². The minimum atomic E-state index is -1.45. The highest BCUT2D eigenvalue weighted by Crippen LogP contribution is 2.22. The maximum Gasteiger partial charge on any atom is 0.511 e. The number of nitrogens with one attached hydrogen (secondary N) is 2. The summed E-state index contributed by atoms with van der Waals surface area (Å²) in [6, 6.07) is 7.44. The second kappa shape index (κ2) is 9.04. The molecule has 11 nitrogen and oxygen atoms in total. The first-order valence-electron chi connectivity index (χ1n) is 9.36. The van der Waals surface area contributed by atoms with Gasteiger partial charge in [0.2, 0.25) is 5.95 Å². The van der Waals surface area contributed by atoms with Crippen molar-refractivity contribution in [3.8, 4) is 11.6 Å². The van der Waals surface area contributed by atoms with E-state index in [1.165, 1.54) is 41.6 Å². The molecule has 0 fully saturated rings. The van der Waals surface area contributed by atoms with Gasteiger partial charge in [0.05, 0.1) is 24.6 Å². The topological polar surface area (TPSA) is 140 Å². The van der Waals surface area contributed by atoms with Gasteiger partial charge in [-0.1, -0.05) is 12.1 Å². The van der Waals surface area contributed by atoms with Gasteiger partial charge in [0.15, 0.2) is 11.6 Å². The third-order valence-electron chi connectivity index (χ3n) is 4.25. The first kappa shape index (κ1) is 20.7. The molecule has 0 saturated carbocycles. The summed E-state index contributed by atoms with van der Waals surface area (Å²) < 4.78 is 19.2. The van der Waals surface area contributed by atoms with Crippen LogP contribution in [0.1, 0.15) is 18.5 Å². The molecule has 0 aliphatic carbocycles. The highest BCUT2D eigenvalue weighted by Gasteiger charge is 2.13. The summed E-state index contributed by atoms with van der Waals surface area (Å²) in [5.74, 6) is 1.15. The summed E-state index contributed by atoms with van der Waals surface area (Å²) in [6.45, 7) is 1.88. The van der Waals surface area contributed by atoms with Crippen LogP contribution in [0.15, 0.2) is 61.3 Å². The van der Waals surface area contributed by atoms with Crippen LogP contribution in [0, 0.1) is 5.82 Å². The van der Waals surface area contributed by atoms with E-state index in [9.17, 15) is 9.18 Å². The van der Waals surface area contributed by atoms with Crippen LogP contribution in [0.25, 0.3) is 5.82 Å². The zero-order valence-electron chi connectivity index (χ0n) is 16.7. The molecule has 4 rings (SSSR count). The maximum absolute atomic E-state index is 13.2. The van der Waals surface area contributed by atoms with E-state index in [1.54, 1.807) is 24.4 Å². The summed E-state index contributed by atoms with van der Waals surface area (Å²) in [4.78, 5) is 27.8. The van der Waals surface area contributed by atoms with Crippen molar-refractivity contribution in [2.45, 2.75) is 13.0 Å². The molecule has 0 aliphatic heterocycles. The molecule has 0 saturated heterocycles. The van der Waals surface area contributed by atoms with Crippen LogP contribution in [0.4, 0.5) is 26.8 Å². The van der Waals surface area contributed by atoms with Crippen molar-refractivity contribution in [3.63, 3.8) is 0 Å². The van der Waals surface area contributed by atoms with Crippen molar-refractivity contribution in [1.82, 2.24) is 29.7 Å². The molecule has 32 heavy (non-hydrogen) atoms. The van der Waals surface area contributed by atoms with Gasteiger partial charge in [-0.05, 0) is 24.6 Å². The fourth-order valence-electron chi connectivity index (χ4n) is 2.79. The van der Waals surface area contributed by atoms with E-state index in [4.69, 9.17) is 5.11 Å². The number of rotatable bonds is 7. The second-order valence-electron chi connectivity index (χ2n) is 6.56. The monoisotopic (exact) mass is 436 g/mol. The van der Waals surface area contributed by atoms with Crippen LogP contribution in [0.3, 0.4) is 0 Å². The van der Waals surface area contributed by atoms with E-state index in [-0.39, 0.29) is 23.6 Å². The van der Waals surface area contributed by atoms with Gasteiger partial charge in [-0.3, -0.25) is 4.98 Å². The van der Waals surface area contributed by atoms with Gasteiger partial charge in [-0.25, -0.2) is 18.9 Å². The molecule has 12 heteroatoms. The Bertz CT molecular complexity index is 1220. The molecule has 3 heterocycles. The van der Waals surface area contributed by atoms with Crippen molar-refractivity contribution in [3.05, 3.63) is 72.7 Å². The number of hydrogen-bond acceptors (Lipinski definition) is 9. The smallest absolute Gasteiger partial charge is 0.449 e. The molecule has 3 aromatic heterocycles. The Morgan fingerprint density at radius 1 is 1.16 bits per heavy atom. The zero-order valence-corrected chi connectivity index (χ0v) is 16.7. The third kappa shape index (κ3) is 5.11. The van der Waals surface area contributed by atoms with E-state index >= 15 is 0 Å². The number of benzene rings is 1. The fraction of sp³-hybridized carbons (Fsp3) is 0.100.